The zero-order valence-corrected chi connectivity index (χ0v) is 7.27. The van der Waals surface area contributed by atoms with Crippen LogP contribution in [0.15, 0.2) is 12.1 Å². The molecule has 0 unspecified atom stereocenters. The molecule has 0 fully saturated rings. The molecule has 0 saturated heterocycles. The van der Waals surface area contributed by atoms with Crippen molar-refractivity contribution in [2.24, 2.45) is 0 Å². The van der Waals surface area contributed by atoms with Gasteiger partial charge in [0, 0.05) is 12.4 Å². The van der Waals surface area contributed by atoms with Crippen LogP contribution in [-0.2, 0) is 11.2 Å². The third-order valence-corrected chi connectivity index (χ3v) is 1.83. The predicted molar refractivity (Wildman–Crippen MR) is 44.5 cm³/mol. The van der Waals surface area contributed by atoms with Crippen LogP contribution in [0.5, 0.6) is 0 Å². The summed E-state index contributed by atoms with van der Waals surface area (Å²) in [7, 11) is 0. The molecule has 0 aliphatic carbocycles. The van der Waals surface area contributed by atoms with E-state index in [-0.39, 0.29) is 16.3 Å². The first-order valence-corrected chi connectivity index (χ1v) is 3.81. The smallest absolute Gasteiger partial charge is 0.128 e. The molecule has 0 heterocycles. The van der Waals surface area contributed by atoms with Crippen molar-refractivity contribution in [1.29, 1.82) is 0 Å². The monoisotopic (exact) mass is 202 g/mol. The summed E-state index contributed by atoms with van der Waals surface area (Å²) < 4.78 is 13.0. The van der Waals surface area contributed by atoms with E-state index in [1.54, 1.807) is 0 Å². The molecule has 13 heavy (non-hydrogen) atoms. The molecule has 0 spiro atoms. The molecular formula is C8H6ClFNO2-. The van der Waals surface area contributed by atoms with E-state index < -0.39 is 18.2 Å². The molecule has 0 bridgehead atoms. The average Bonchev–Trinajstić information content (AvgIpc) is 1.99. The molecule has 0 radical (unpaired) electrons. The van der Waals surface area contributed by atoms with Crippen LogP contribution in [0.2, 0.25) is 5.02 Å². The first kappa shape index (κ1) is 9.80. The van der Waals surface area contributed by atoms with Crippen molar-refractivity contribution in [2.75, 3.05) is 5.73 Å². The fourth-order valence-corrected chi connectivity index (χ4v) is 1.08. The summed E-state index contributed by atoms with van der Waals surface area (Å²) >= 11 is 5.56. The highest BCUT2D eigenvalue weighted by Gasteiger charge is 2.06. The van der Waals surface area contributed by atoms with E-state index >= 15 is 0 Å². The normalized spacial score (nSPS) is 10.0. The molecule has 5 heteroatoms. The minimum Gasteiger partial charge on any atom is -0.550 e. The van der Waals surface area contributed by atoms with E-state index in [1.807, 2.05) is 0 Å². The van der Waals surface area contributed by atoms with Gasteiger partial charge in [0.2, 0.25) is 0 Å². The highest BCUT2D eigenvalue weighted by Crippen LogP contribution is 2.22. The number of aliphatic carboxylic acids is 1. The third-order valence-electron chi connectivity index (χ3n) is 1.50. The summed E-state index contributed by atoms with van der Waals surface area (Å²) in [5.74, 6) is -2.05. The molecule has 0 aliphatic rings. The third kappa shape index (κ3) is 2.32. The van der Waals surface area contributed by atoms with E-state index in [0.717, 1.165) is 6.07 Å². The summed E-state index contributed by atoms with van der Waals surface area (Å²) in [6, 6.07) is 2.17. The Balaban J connectivity index is 3.08. The minimum absolute atomic E-state index is 0.0285. The highest BCUT2D eigenvalue weighted by molar-refractivity contribution is 6.33. The van der Waals surface area contributed by atoms with Gasteiger partial charge in [0.25, 0.3) is 0 Å². The molecule has 2 N–H and O–H groups in total. The Morgan fingerprint density at radius 1 is 1.62 bits per heavy atom. The first-order chi connectivity index (χ1) is 6.00. The van der Waals surface area contributed by atoms with Crippen LogP contribution in [0.25, 0.3) is 0 Å². The van der Waals surface area contributed by atoms with Crippen LogP contribution in [0.4, 0.5) is 10.1 Å². The maximum absolute atomic E-state index is 13.0. The second-order valence-electron chi connectivity index (χ2n) is 2.51. The Morgan fingerprint density at radius 2 is 2.23 bits per heavy atom. The summed E-state index contributed by atoms with van der Waals surface area (Å²) in [6.45, 7) is 0. The minimum atomic E-state index is -1.36. The van der Waals surface area contributed by atoms with E-state index in [1.165, 1.54) is 6.07 Å². The van der Waals surface area contributed by atoms with Gasteiger partial charge in [-0.15, -0.1) is 0 Å². The lowest BCUT2D eigenvalue weighted by molar-refractivity contribution is -0.304. The van der Waals surface area contributed by atoms with Gasteiger partial charge in [0.05, 0.1) is 10.7 Å². The largest absolute Gasteiger partial charge is 0.550 e. The number of nitrogen functional groups attached to an aromatic ring is 1. The molecule has 0 aliphatic heterocycles. The molecular weight excluding hydrogens is 197 g/mol. The van der Waals surface area contributed by atoms with Crippen molar-refractivity contribution in [3.63, 3.8) is 0 Å². The van der Waals surface area contributed by atoms with E-state index in [2.05, 4.69) is 0 Å². The molecule has 0 atom stereocenters. The molecule has 70 valence electrons. The topological polar surface area (TPSA) is 66.2 Å². The number of halogens is 2. The lowest BCUT2D eigenvalue weighted by Gasteiger charge is -2.06. The number of carboxylic acids is 1. The molecule has 0 saturated carbocycles. The molecule has 1 rings (SSSR count). The van der Waals surface area contributed by atoms with Gasteiger partial charge in [-0.3, -0.25) is 0 Å². The lowest BCUT2D eigenvalue weighted by atomic mass is 10.1. The Bertz CT molecular complexity index is 354. The Hall–Kier alpha value is -1.29. The quantitative estimate of drug-likeness (QED) is 0.704. The van der Waals surface area contributed by atoms with Gasteiger partial charge in [0.1, 0.15) is 5.82 Å². The van der Waals surface area contributed by atoms with Crippen molar-refractivity contribution in [3.8, 4) is 0 Å². The Kier molecular flexibility index (Phi) is 2.72. The zero-order chi connectivity index (χ0) is 10.0. The number of rotatable bonds is 2. The van der Waals surface area contributed by atoms with E-state index in [0.29, 0.717) is 0 Å². The number of hydrogen-bond donors (Lipinski definition) is 1. The van der Waals surface area contributed by atoms with Gasteiger partial charge in [-0.25, -0.2) is 4.39 Å². The number of nitrogens with two attached hydrogens (primary N) is 1. The zero-order valence-electron chi connectivity index (χ0n) is 6.51. The van der Waals surface area contributed by atoms with Crippen molar-refractivity contribution in [2.45, 2.75) is 6.42 Å². The number of carboxylic acid groups (broad SMARTS) is 1. The Morgan fingerprint density at radius 3 is 2.77 bits per heavy atom. The molecule has 1 aromatic rings. The number of carbonyl (C=O) groups excluding carboxylic acids is 1. The van der Waals surface area contributed by atoms with Crippen LogP contribution >= 0.6 is 11.6 Å². The number of carbonyl (C=O) groups is 1. The number of anilines is 1. The van der Waals surface area contributed by atoms with Gasteiger partial charge < -0.3 is 15.6 Å². The van der Waals surface area contributed by atoms with Crippen molar-refractivity contribution >= 4 is 23.3 Å². The lowest BCUT2D eigenvalue weighted by Crippen LogP contribution is -2.24. The van der Waals surface area contributed by atoms with Crippen molar-refractivity contribution in [3.05, 3.63) is 28.5 Å². The summed E-state index contributed by atoms with van der Waals surface area (Å²) in [5, 5.41) is 10.3. The first-order valence-electron chi connectivity index (χ1n) is 3.44. The number of hydrogen-bond acceptors (Lipinski definition) is 3. The molecule has 0 aromatic heterocycles. The second kappa shape index (κ2) is 3.62. The average molecular weight is 203 g/mol. The van der Waals surface area contributed by atoms with E-state index in [4.69, 9.17) is 17.3 Å². The fraction of sp³-hybridized carbons (Fsp3) is 0.125. The predicted octanol–water partition coefficient (Wildman–Crippen LogP) is 0.354. The van der Waals surface area contributed by atoms with Gasteiger partial charge in [-0.05, 0) is 17.7 Å². The van der Waals surface area contributed by atoms with E-state index in [9.17, 15) is 14.3 Å². The molecule has 1 aromatic carbocycles. The molecule has 3 nitrogen and oxygen atoms in total. The SMILES string of the molecule is Nc1cc(F)c(CC(=O)[O-])cc1Cl. The van der Waals surface area contributed by atoms with Crippen LogP contribution in [-0.4, -0.2) is 5.97 Å². The molecule has 0 amide bonds. The second-order valence-corrected chi connectivity index (χ2v) is 2.92. The van der Waals surface area contributed by atoms with Crippen molar-refractivity contribution < 1.29 is 14.3 Å². The van der Waals surface area contributed by atoms with Crippen LogP contribution < -0.4 is 10.8 Å². The van der Waals surface area contributed by atoms with Gasteiger partial charge in [0.15, 0.2) is 0 Å². The van der Waals surface area contributed by atoms with Crippen LogP contribution in [0.3, 0.4) is 0 Å². The van der Waals surface area contributed by atoms with Gasteiger partial charge in [-0.2, -0.15) is 0 Å². The summed E-state index contributed by atoms with van der Waals surface area (Å²) in [6.07, 6.45) is -0.508. The fourth-order valence-electron chi connectivity index (χ4n) is 0.894. The number of benzene rings is 1. The highest BCUT2D eigenvalue weighted by atomic mass is 35.5. The maximum atomic E-state index is 13.0. The van der Waals surface area contributed by atoms with Gasteiger partial charge >= 0.3 is 0 Å². The summed E-state index contributed by atoms with van der Waals surface area (Å²) in [4.78, 5) is 10.2. The summed E-state index contributed by atoms with van der Waals surface area (Å²) in [5.41, 5.74) is 5.34. The standard InChI is InChI=1S/C8H7ClFNO2/c9-5-1-4(2-8(12)13)6(10)3-7(5)11/h1,3H,2,11H2,(H,12,13)/p-1. The van der Waals surface area contributed by atoms with Crippen LogP contribution in [0.1, 0.15) is 5.56 Å². The van der Waals surface area contributed by atoms with Crippen LogP contribution in [0, 0.1) is 5.82 Å². The van der Waals surface area contributed by atoms with Gasteiger partial charge in [-0.1, -0.05) is 11.6 Å². The Labute approximate surface area is 78.9 Å². The van der Waals surface area contributed by atoms with Crippen molar-refractivity contribution in [1.82, 2.24) is 0 Å². The maximum Gasteiger partial charge on any atom is 0.128 e.